The van der Waals surface area contributed by atoms with Gasteiger partial charge >= 0.3 is 23.9 Å². The fourth-order valence-electron chi connectivity index (χ4n) is 17.3. The van der Waals surface area contributed by atoms with Gasteiger partial charge in [-0.2, -0.15) is 0 Å². The van der Waals surface area contributed by atoms with Gasteiger partial charge in [-0.05, 0) is 299 Å². The molecule has 0 aliphatic heterocycles. The number of fused-ring (bicyclic) bond motifs is 7. The van der Waals surface area contributed by atoms with Crippen LogP contribution in [0, 0.1) is 71.0 Å². The zero-order valence-electron chi connectivity index (χ0n) is 51.3. The van der Waals surface area contributed by atoms with E-state index < -0.39 is 11.2 Å². The van der Waals surface area contributed by atoms with Crippen molar-refractivity contribution in [1.82, 2.24) is 0 Å². The molecule has 8 nitrogen and oxygen atoms in total. The van der Waals surface area contributed by atoms with Gasteiger partial charge in [-0.1, -0.05) is 100 Å². The monoisotopic (exact) mass is 1150 g/mol. The van der Waals surface area contributed by atoms with E-state index in [-0.39, 0.29) is 59.8 Å². The summed E-state index contributed by atoms with van der Waals surface area (Å²) in [5, 5.41) is 17.0. The summed E-state index contributed by atoms with van der Waals surface area (Å²) in [6.07, 6.45) is 9.35. The normalized spacial score (nSPS) is 27.1. The van der Waals surface area contributed by atoms with Crippen LogP contribution in [0.5, 0.6) is 0 Å². The lowest BCUT2D eigenvalue weighted by Gasteiger charge is -2.56. The molecule has 86 heavy (non-hydrogen) atoms. The minimum atomic E-state index is -0.744. The van der Waals surface area contributed by atoms with E-state index in [0.717, 1.165) is 86.1 Å². The van der Waals surface area contributed by atoms with E-state index in [2.05, 4.69) is 146 Å². The maximum Gasteiger partial charge on any atom is 0.310 e. The molecule has 8 aliphatic rings. The van der Waals surface area contributed by atoms with Crippen molar-refractivity contribution in [3.05, 3.63) is 157 Å². The SMILES string of the molecule is CCC(C)C(=O)OC1C2CC3CC1CC(C2)C3C(=O)OC(C)(C)c1ccc2cc3cc4cc5ccccc5cc4cc3cc2c1.CCC(C)C(=O)OC1C2CC3CC1CC(C2)C3C(=O)OC(C)(C)c1ccc2cc3cc4ccccc4cc3cc2c1. The van der Waals surface area contributed by atoms with Gasteiger partial charge in [0.1, 0.15) is 23.4 Å². The van der Waals surface area contributed by atoms with E-state index in [1.165, 1.54) is 64.6 Å². The quantitative estimate of drug-likeness (QED) is 0.0677. The second-order valence-corrected chi connectivity index (χ2v) is 28.4. The fraction of sp³-hybridized carbons (Fsp3) is 0.436. The summed E-state index contributed by atoms with van der Waals surface area (Å²) in [6, 6.07) is 52.6. The Morgan fingerprint density at radius 2 is 0.605 bits per heavy atom. The molecule has 2 atom stereocenters. The van der Waals surface area contributed by atoms with Gasteiger partial charge in [0.2, 0.25) is 0 Å². The minimum Gasteiger partial charge on any atom is -0.462 e. The fourth-order valence-corrected chi connectivity index (χ4v) is 17.3. The second kappa shape index (κ2) is 21.8. The van der Waals surface area contributed by atoms with Gasteiger partial charge in [0, 0.05) is 0 Å². The zero-order valence-corrected chi connectivity index (χ0v) is 51.3. The number of benzene rings is 9. The lowest BCUT2D eigenvalue weighted by Crippen LogP contribution is -2.56. The molecule has 2 unspecified atom stereocenters. The zero-order chi connectivity index (χ0) is 59.5. The molecule has 8 bridgehead atoms. The van der Waals surface area contributed by atoms with Crippen molar-refractivity contribution in [3.8, 4) is 0 Å². The molecule has 9 aromatic carbocycles. The Labute approximate surface area is 505 Å². The third kappa shape index (κ3) is 10.3. The first-order valence-electron chi connectivity index (χ1n) is 32.4. The van der Waals surface area contributed by atoms with E-state index in [1.54, 1.807) is 0 Å². The number of hydrogen-bond donors (Lipinski definition) is 0. The molecule has 0 aromatic heterocycles. The number of carbonyl (C=O) groups is 4. The van der Waals surface area contributed by atoms with Gasteiger partial charge in [-0.25, -0.2) is 0 Å². The largest absolute Gasteiger partial charge is 0.462 e. The Hall–Kier alpha value is -7.32. The minimum absolute atomic E-state index is 0.0263. The van der Waals surface area contributed by atoms with Crippen molar-refractivity contribution in [1.29, 1.82) is 0 Å². The maximum absolute atomic E-state index is 13.9. The van der Waals surface area contributed by atoms with Crippen LogP contribution in [0.3, 0.4) is 0 Å². The molecular formula is C78H82O8. The predicted octanol–water partition coefficient (Wildman–Crippen LogP) is 18.3. The third-order valence-corrected chi connectivity index (χ3v) is 22.2. The van der Waals surface area contributed by atoms with Crippen LogP contribution in [-0.4, -0.2) is 36.1 Å². The molecule has 8 saturated carbocycles. The molecule has 0 N–H and O–H groups in total. The van der Waals surface area contributed by atoms with Crippen molar-refractivity contribution < 1.29 is 38.1 Å². The molecule has 8 aliphatic carbocycles. The van der Waals surface area contributed by atoms with Gasteiger partial charge in [-0.3, -0.25) is 19.2 Å². The first-order chi connectivity index (χ1) is 41.4. The molecule has 0 saturated heterocycles. The first-order valence-corrected chi connectivity index (χ1v) is 32.4. The molecule has 0 spiro atoms. The summed E-state index contributed by atoms with van der Waals surface area (Å²) in [7, 11) is 0. The van der Waals surface area contributed by atoms with Gasteiger partial charge in [-0.15, -0.1) is 0 Å². The van der Waals surface area contributed by atoms with Crippen LogP contribution >= 0.6 is 0 Å². The van der Waals surface area contributed by atoms with Crippen molar-refractivity contribution in [2.75, 3.05) is 0 Å². The number of carbonyl (C=O) groups excluding carboxylic acids is 4. The van der Waals surface area contributed by atoms with E-state index in [4.69, 9.17) is 18.9 Å². The molecule has 442 valence electrons. The molecule has 8 fully saturated rings. The Balaban J connectivity index is 0.000000153. The lowest BCUT2D eigenvalue weighted by molar-refractivity contribution is -0.195. The molecule has 0 amide bonds. The van der Waals surface area contributed by atoms with Crippen LogP contribution in [0.4, 0.5) is 0 Å². The van der Waals surface area contributed by atoms with E-state index in [9.17, 15) is 19.2 Å². The van der Waals surface area contributed by atoms with Gasteiger partial charge < -0.3 is 18.9 Å². The molecular weight excluding hydrogens is 1060 g/mol. The standard InChI is InChI=1S/C41H42O4.C37H40O4/c1-5-23(2)39(42)44-38-34-18-32-19-35(38)21-33(20-34)37(32)40(43)45-41(3,4)36-11-10-26-14-29-15-27-12-24-8-6-7-9-25(24)13-28(27)16-30(29)17-31(26)22-36;1-5-21(2)35(38)40-34-30-16-28-17-31(34)19-29(18-30)33(28)36(39)41-37(3,4)32-11-10-24-14-25-12-22-8-6-7-9-23(22)13-26(25)15-27(24)20-32/h6-17,22-23,32-35,37-38H,5,18-21H2,1-4H3;6-15,20-21,28-31,33-34H,5,16-19H2,1-4H3. The van der Waals surface area contributed by atoms with Crippen LogP contribution in [-0.2, 0) is 49.3 Å². The molecule has 0 radical (unpaired) electrons. The summed E-state index contributed by atoms with van der Waals surface area (Å²) in [5.41, 5.74) is 0.549. The summed E-state index contributed by atoms with van der Waals surface area (Å²) in [5.74, 6) is 2.40. The van der Waals surface area contributed by atoms with Crippen LogP contribution in [0.15, 0.2) is 146 Å². The Kier molecular flexibility index (Phi) is 14.3. The third-order valence-electron chi connectivity index (χ3n) is 22.2. The van der Waals surface area contributed by atoms with E-state index >= 15 is 0 Å². The Morgan fingerprint density at radius 3 is 0.872 bits per heavy atom. The lowest BCUT2D eigenvalue weighted by atomic mass is 9.50. The van der Waals surface area contributed by atoms with Crippen LogP contribution in [0.1, 0.15) is 131 Å². The highest BCUT2D eigenvalue weighted by atomic mass is 16.6. The highest BCUT2D eigenvalue weighted by Crippen LogP contribution is 2.60. The Bertz CT molecular complexity index is 4130. The van der Waals surface area contributed by atoms with Crippen LogP contribution < -0.4 is 0 Å². The number of hydrogen-bond acceptors (Lipinski definition) is 8. The molecule has 0 heterocycles. The van der Waals surface area contributed by atoms with Gasteiger partial charge in [0.25, 0.3) is 0 Å². The Morgan fingerprint density at radius 1 is 0.360 bits per heavy atom. The smallest absolute Gasteiger partial charge is 0.310 e. The number of esters is 4. The van der Waals surface area contributed by atoms with Crippen LogP contribution in [0.2, 0.25) is 0 Å². The van der Waals surface area contributed by atoms with E-state index in [0.29, 0.717) is 47.3 Å². The van der Waals surface area contributed by atoms with E-state index in [1.807, 2.05) is 55.4 Å². The average Bonchev–Trinajstić information content (AvgIpc) is 0.820. The highest BCUT2D eigenvalue weighted by Gasteiger charge is 2.59. The highest BCUT2D eigenvalue weighted by molar-refractivity contribution is 6.08. The average molecular weight is 1150 g/mol. The summed E-state index contributed by atoms with van der Waals surface area (Å²) >= 11 is 0. The van der Waals surface area contributed by atoms with Crippen molar-refractivity contribution in [3.63, 3.8) is 0 Å². The number of rotatable bonds is 12. The molecule has 8 heteroatoms. The van der Waals surface area contributed by atoms with Gasteiger partial charge in [0.15, 0.2) is 0 Å². The van der Waals surface area contributed by atoms with Crippen molar-refractivity contribution in [2.45, 2.75) is 143 Å². The van der Waals surface area contributed by atoms with Crippen molar-refractivity contribution >= 4 is 99.3 Å². The molecule has 9 aromatic rings. The summed E-state index contributed by atoms with van der Waals surface area (Å²) in [6.45, 7) is 16.0. The van der Waals surface area contributed by atoms with Gasteiger partial charge in [0.05, 0.1) is 23.7 Å². The topological polar surface area (TPSA) is 105 Å². The predicted molar refractivity (Wildman–Crippen MR) is 344 cm³/mol. The summed E-state index contributed by atoms with van der Waals surface area (Å²) in [4.78, 5) is 52.7. The first kappa shape index (κ1) is 56.5. The molecule has 17 rings (SSSR count). The summed E-state index contributed by atoms with van der Waals surface area (Å²) < 4.78 is 24.9. The van der Waals surface area contributed by atoms with Crippen molar-refractivity contribution in [2.24, 2.45) is 71.0 Å². The second-order valence-electron chi connectivity index (χ2n) is 28.4. The maximum atomic E-state index is 13.9. The number of ether oxygens (including phenoxy) is 4. The van der Waals surface area contributed by atoms with Crippen LogP contribution in [0.25, 0.3) is 75.4 Å².